The molecule has 2 heterocycles. The quantitative estimate of drug-likeness (QED) is 0.276. The Hall–Kier alpha value is -4.98. The number of carbonyl (C=O) groups excluding carboxylic acids is 1. The van der Waals surface area contributed by atoms with Crippen LogP contribution in [0.15, 0.2) is 94.6 Å². The Morgan fingerprint density at radius 1 is 1.00 bits per heavy atom. The SMILES string of the molecule is CC1=CCC(C(=O)Nc2ccc3c(C(=Nc4ccc(C(=O)O)cc4)c4ccccc4)c(O)[nH]c3c2)=N1. The van der Waals surface area contributed by atoms with Crippen LogP contribution in [-0.2, 0) is 4.79 Å². The summed E-state index contributed by atoms with van der Waals surface area (Å²) >= 11 is 0. The van der Waals surface area contributed by atoms with E-state index < -0.39 is 5.97 Å². The van der Waals surface area contributed by atoms with E-state index in [0.717, 1.165) is 11.3 Å². The second kappa shape index (κ2) is 9.34. The van der Waals surface area contributed by atoms with Gasteiger partial charge in [0.05, 0.1) is 28.0 Å². The fourth-order valence-corrected chi connectivity index (χ4v) is 4.06. The molecule has 36 heavy (non-hydrogen) atoms. The Morgan fingerprint density at radius 3 is 2.42 bits per heavy atom. The largest absolute Gasteiger partial charge is 0.494 e. The van der Waals surface area contributed by atoms with Crippen molar-refractivity contribution in [3.63, 3.8) is 0 Å². The van der Waals surface area contributed by atoms with Crippen LogP contribution in [-0.4, -0.2) is 38.5 Å². The monoisotopic (exact) mass is 478 g/mol. The number of aromatic nitrogens is 1. The lowest BCUT2D eigenvalue weighted by Gasteiger charge is -2.09. The molecule has 4 N–H and O–H groups in total. The summed E-state index contributed by atoms with van der Waals surface area (Å²) in [5, 5.41) is 23.7. The van der Waals surface area contributed by atoms with Gasteiger partial charge in [0.2, 0.25) is 0 Å². The number of benzene rings is 3. The molecule has 178 valence electrons. The molecule has 1 aromatic heterocycles. The second-order valence-electron chi connectivity index (χ2n) is 8.35. The number of carbonyl (C=O) groups is 2. The number of hydrogen-bond acceptors (Lipinski definition) is 5. The summed E-state index contributed by atoms with van der Waals surface area (Å²) in [7, 11) is 0. The summed E-state index contributed by atoms with van der Waals surface area (Å²) in [4.78, 5) is 35.7. The number of fused-ring (bicyclic) bond motifs is 1. The number of aromatic amines is 1. The zero-order chi connectivity index (χ0) is 25.2. The number of anilines is 1. The number of aromatic hydroxyl groups is 1. The fourth-order valence-electron chi connectivity index (χ4n) is 4.06. The van der Waals surface area contributed by atoms with Gasteiger partial charge < -0.3 is 20.5 Å². The summed E-state index contributed by atoms with van der Waals surface area (Å²) in [5.41, 5.74) is 4.94. The molecule has 0 saturated heterocycles. The third-order valence-electron chi connectivity index (χ3n) is 5.84. The van der Waals surface area contributed by atoms with Gasteiger partial charge >= 0.3 is 5.97 Å². The van der Waals surface area contributed by atoms with Crippen molar-refractivity contribution >= 4 is 45.6 Å². The highest BCUT2D eigenvalue weighted by molar-refractivity contribution is 6.44. The van der Waals surface area contributed by atoms with E-state index >= 15 is 0 Å². The third kappa shape index (κ3) is 4.52. The minimum atomic E-state index is -1.02. The average molecular weight is 479 g/mol. The third-order valence-corrected chi connectivity index (χ3v) is 5.84. The van der Waals surface area contributed by atoms with Gasteiger partial charge in [-0.05, 0) is 49.4 Å². The number of allylic oxidation sites excluding steroid dienone is 2. The molecule has 0 unspecified atom stereocenters. The number of carboxylic acids is 1. The molecule has 8 nitrogen and oxygen atoms in total. The molecular weight excluding hydrogens is 456 g/mol. The molecule has 0 atom stereocenters. The van der Waals surface area contributed by atoms with Crippen molar-refractivity contribution in [3.05, 3.63) is 101 Å². The fraction of sp³-hybridized carbons (Fsp3) is 0.0714. The first-order valence-corrected chi connectivity index (χ1v) is 11.3. The van der Waals surface area contributed by atoms with Crippen LogP contribution in [0.3, 0.4) is 0 Å². The molecule has 0 fully saturated rings. The van der Waals surface area contributed by atoms with Crippen LogP contribution < -0.4 is 5.32 Å². The lowest BCUT2D eigenvalue weighted by Crippen LogP contribution is -2.21. The number of aliphatic imine (C=N–C) groups is 2. The number of H-pyrrole nitrogens is 1. The Balaban J connectivity index is 1.55. The lowest BCUT2D eigenvalue weighted by atomic mass is 10.0. The first kappa shape index (κ1) is 22.8. The zero-order valence-electron chi connectivity index (χ0n) is 19.3. The van der Waals surface area contributed by atoms with Crippen LogP contribution in [0.4, 0.5) is 11.4 Å². The van der Waals surface area contributed by atoms with Crippen molar-refractivity contribution in [2.24, 2.45) is 9.98 Å². The van der Waals surface area contributed by atoms with Crippen molar-refractivity contribution in [1.29, 1.82) is 0 Å². The smallest absolute Gasteiger partial charge is 0.335 e. The van der Waals surface area contributed by atoms with Gasteiger partial charge in [0.1, 0.15) is 5.71 Å². The normalized spacial score (nSPS) is 13.4. The van der Waals surface area contributed by atoms with Gasteiger partial charge in [-0.1, -0.05) is 36.4 Å². The Labute approximate surface area is 206 Å². The van der Waals surface area contributed by atoms with E-state index in [-0.39, 0.29) is 17.4 Å². The molecule has 4 aromatic rings. The molecule has 8 heteroatoms. The zero-order valence-corrected chi connectivity index (χ0v) is 19.3. The number of amides is 1. The molecule has 0 aliphatic carbocycles. The summed E-state index contributed by atoms with van der Waals surface area (Å²) in [6.07, 6.45) is 2.39. The summed E-state index contributed by atoms with van der Waals surface area (Å²) < 4.78 is 0. The maximum absolute atomic E-state index is 12.5. The summed E-state index contributed by atoms with van der Waals surface area (Å²) in [6, 6.07) is 20.9. The minimum absolute atomic E-state index is 0.0711. The Kier molecular flexibility index (Phi) is 5.92. The molecule has 5 rings (SSSR count). The molecule has 3 aromatic carbocycles. The van der Waals surface area contributed by atoms with E-state index in [2.05, 4.69) is 15.3 Å². The average Bonchev–Trinajstić information content (AvgIpc) is 3.45. The lowest BCUT2D eigenvalue weighted by molar-refractivity contribution is -0.110. The first-order valence-electron chi connectivity index (χ1n) is 11.3. The highest BCUT2D eigenvalue weighted by atomic mass is 16.4. The molecule has 0 spiro atoms. The number of hydrogen-bond donors (Lipinski definition) is 4. The van der Waals surface area contributed by atoms with Gasteiger partial charge in [0.25, 0.3) is 5.91 Å². The topological polar surface area (TPSA) is 127 Å². The first-order chi connectivity index (χ1) is 17.4. The van der Waals surface area contributed by atoms with E-state index in [0.29, 0.717) is 45.7 Å². The van der Waals surface area contributed by atoms with Crippen molar-refractivity contribution in [2.45, 2.75) is 13.3 Å². The van der Waals surface area contributed by atoms with Gasteiger partial charge in [-0.3, -0.25) is 9.79 Å². The van der Waals surface area contributed by atoms with Crippen LogP contribution in [0.2, 0.25) is 0 Å². The van der Waals surface area contributed by atoms with Crippen molar-refractivity contribution in [3.8, 4) is 5.88 Å². The summed E-state index contributed by atoms with van der Waals surface area (Å²) in [5.74, 6) is -1.36. The highest BCUT2D eigenvalue weighted by Crippen LogP contribution is 2.33. The van der Waals surface area contributed by atoms with E-state index in [1.165, 1.54) is 12.1 Å². The van der Waals surface area contributed by atoms with Gasteiger partial charge in [0, 0.05) is 28.8 Å². The van der Waals surface area contributed by atoms with Crippen LogP contribution in [0, 0.1) is 0 Å². The molecular formula is C28H22N4O4. The van der Waals surface area contributed by atoms with Crippen molar-refractivity contribution in [2.75, 3.05) is 5.32 Å². The van der Waals surface area contributed by atoms with E-state index in [1.807, 2.05) is 49.4 Å². The standard InChI is InChI=1S/C28H22N4O4/c1-16-7-14-22(29-16)26(33)31-20-12-13-21-23(15-20)32-27(34)24(21)25(17-5-3-2-4-6-17)30-19-10-8-18(9-11-19)28(35)36/h2-13,15,32,34H,14H2,1H3,(H,31,33)(H,35,36). The Bertz CT molecular complexity index is 1580. The number of nitrogens with zero attached hydrogens (tertiary/aromatic N) is 2. The molecule has 0 bridgehead atoms. The number of rotatable bonds is 6. The van der Waals surface area contributed by atoms with Gasteiger partial charge in [0.15, 0.2) is 5.88 Å². The molecule has 1 aliphatic rings. The predicted octanol–water partition coefficient (Wildman–Crippen LogP) is 5.43. The summed E-state index contributed by atoms with van der Waals surface area (Å²) in [6.45, 7) is 1.85. The number of nitrogens with one attached hydrogen (secondary N) is 2. The Morgan fingerprint density at radius 2 is 1.75 bits per heavy atom. The molecule has 1 aliphatic heterocycles. The molecule has 1 amide bonds. The van der Waals surface area contributed by atoms with Crippen LogP contribution in [0.5, 0.6) is 5.88 Å². The van der Waals surface area contributed by atoms with E-state index in [4.69, 9.17) is 4.99 Å². The van der Waals surface area contributed by atoms with Crippen LogP contribution in [0.25, 0.3) is 10.9 Å². The number of aromatic carboxylic acids is 1. The minimum Gasteiger partial charge on any atom is -0.494 e. The second-order valence-corrected chi connectivity index (χ2v) is 8.35. The van der Waals surface area contributed by atoms with Crippen molar-refractivity contribution < 1.29 is 19.8 Å². The predicted molar refractivity (Wildman–Crippen MR) is 140 cm³/mol. The van der Waals surface area contributed by atoms with Crippen molar-refractivity contribution in [1.82, 2.24) is 4.98 Å². The molecule has 0 saturated carbocycles. The number of carboxylic acid groups (broad SMARTS) is 1. The molecule has 0 radical (unpaired) electrons. The maximum atomic E-state index is 12.5. The van der Waals surface area contributed by atoms with Gasteiger partial charge in [-0.15, -0.1) is 0 Å². The van der Waals surface area contributed by atoms with Gasteiger partial charge in [-0.25, -0.2) is 9.79 Å². The van der Waals surface area contributed by atoms with Gasteiger partial charge in [-0.2, -0.15) is 0 Å². The maximum Gasteiger partial charge on any atom is 0.335 e. The van der Waals surface area contributed by atoms with E-state index in [1.54, 1.807) is 24.3 Å². The highest BCUT2D eigenvalue weighted by Gasteiger charge is 2.20. The van der Waals surface area contributed by atoms with Crippen LogP contribution in [0.1, 0.15) is 34.8 Å². The van der Waals surface area contributed by atoms with Crippen LogP contribution >= 0.6 is 0 Å². The van der Waals surface area contributed by atoms with E-state index in [9.17, 15) is 19.8 Å².